The van der Waals surface area contributed by atoms with Crippen LogP contribution in [0.5, 0.6) is 0 Å². The summed E-state index contributed by atoms with van der Waals surface area (Å²) in [6.45, 7) is 3.43. The Morgan fingerprint density at radius 2 is 1.77 bits per heavy atom. The maximum Gasteiger partial charge on any atom is 0.415 e. The summed E-state index contributed by atoms with van der Waals surface area (Å²) in [5.41, 5.74) is 2.65. The van der Waals surface area contributed by atoms with Crippen molar-refractivity contribution < 1.29 is 22.7 Å². The van der Waals surface area contributed by atoms with Crippen molar-refractivity contribution in [1.29, 1.82) is 0 Å². The summed E-state index contributed by atoms with van der Waals surface area (Å²) in [5, 5.41) is 0. The van der Waals surface area contributed by atoms with E-state index in [2.05, 4.69) is 5.92 Å². The minimum Gasteiger partial charge on any atom is -0.436 e. The molecule has 0 bridgehead atoms. The Balaban J connectivity index is 2.07. The number of benzene rings is 2. The van der Waals surface area contributed by atoms with Crippen LogP contribution in [0.15, 0.2) is 47.4 Å². The SMILES string of the molecule is C#CCOC(=O)N1C[C@H](C)N(C(C)=O)c2ccc(-c3ccc(S(C)(=O)=O)cc3)cc21. The van der Waals surface area contributed by atoms with Gasteiger partial charge < -0.3 is 9.64 Å². The minimum atomic E-state index is -3.30. The van der Waals surface area contributed by atoms with Gasteiger partial charge in [0.05, 0.1) is 22.3 Å². The number of nitrogens with zero attached hydrogens (tertiary/aromatic N) is 2. The van der Waals surface area contributed by atoms with E-state index in [4.69, 9.17) is 11.2 Å². The van der Waals surface area contributed by atoms with Gasteiger partial charge in [-0.25, -0.2) is 13.2 Å². The average Bonchev–Trinajstić information content (AvgIpc) is 2.70. The van der Waals surface area contributed by atoms with E-state index in [-0.39, 0.29) is 30.0 Å². The number of rotatable bonds is 3. The molecule has 0 saturated heterocycles. The second kappa shape index (κ2) is 8.20. The molecular formula is C22H22N2O5S. The molecule has 3 rings (SSSR count). The molecule has 0 unspecified atom stereocenters. The second-order valence-electron chi connectivity index (χ2n) is 7.11. The summed E-state index contributed by atoms with van der Waals surface area (Å²) >= 11 is 0. The van der Waals surface area contributed by atoms with Crippen LogP contribution < -0.4 is 9.80 Å². The minimum absolute atomic E-state index is 0.134. The molecule has 0 radical (unpaired) electrons. The third kappa shape index (κ3) is 4.16. The van der Waals surface area contributed by atoms with Gasteiger partial charge in [-0.1, -0.05) is 24.1 Å². The van der Waals surface area contributed by atoms with Gasteiger partial charge >= 0.3 is 6.09 Å². The van der Waals surface area contributed by atoms with Crippen molar-refractivity contribution in [2.45, 2.75) is 24.8 Å². The molecule has 2 amide bonds. The van der Waals surface area contributed by atoms with E-state index in [0.717, 1.165) is 17.4 Å². The number of hydrogen-bond acceptors (Lipinski definition) is 5. The predicted molar refractivity (Wildman–Crippen MR) is 115 cm³/mol. The van der Waals surface area contributed by atoms with Crippen molar-refractivity contribution in [1.82, 2.24) is 0 Å². The van der Waals surface area contributed by atoms with Gasteiger partial charge in [-0.05, 0) is 42.3 Å². The number of anilines is 2. The van der Waals surface area contributed by atoms with Gasteiger partial charge in [-0.2, -0.15) is 0 Å². The number of carbonyl (C=O) groups excluding carboxylic acids is 2. The van der Waals surface area contributed by atoms with E-state index in [9.17, 15) is 18.0 Å². The first-order chi connectivity index (χ1) is 14.1. The van der Waals surface area contributed by atoms with Gasteiger partial charge in [0, 0.05) is 19.7 Å². The highest BCUT2D eigenvalue weighted by Crippen LogP contribution is 2.39. The van der Waals surface area contributed by atoms with Crippen LogP contribution >= 0.6 is 0 Å². The quantitative estimate of drug-likeness (QED) is 0.705. The zero-order valence-corrected chi connectivity index (χ0v) is 17.8. The first-order valence-corrected chi connectivity index (χ1v) is 11.1. The molecule has 1 aliphatic rings. The Morgan fingerprint density at radius 3 is 2.33 bits per heavy atom. The van der Waals surface area contributed by atoms with E-state index in [0.29, 0.717) is 11.4 Å². The van der Waals surface area contributed by atoms with Crippen LogP contribution in [0.3, 0.4) is 0 Å². The number of fused-ring (bicyclic) bond motifs is 1. The topological polar surface area (TPSA) is 84.0 Å². The Kier molecular flexibility index (Phi) is 5.85. The molecule has 0 saturated carbocycles. The zero-order chi connectivity index (χ0) is 22.1. The summed E-state index contributed by atoms with van der Waals surface area (Å²) < 4.78 is 28.5. The highest BCUT2D eigenvalue weighted by Gasteiger charge is 2.34. The highest BCUT2D eigenvalue weighted by molar-refractivity contribution is 7.90. The van der Waals surface area contributed by atoms with Crippen molar-refractivity contribution in [3.63, 3.8) is 0 Å². The molecule has 0 N–H and O–H groups in total. The smallest absolute Gasteiger partial charge is 0.415 e. The van der Waals surface area contributed by atoms with Gasteiger partial charge in [0.15, 0.2) is 16.4 Å². The molecule has 1 atom stereocenters. The van der Waals surface area contributed by atoms with E-state index in [1.54, 1.807) is 29.2 Å². The Bertz CT molecular complexity index is 1130. The van der Waals surface area contributed by atoms with Gasteiger partial charge in [-0.3, -0.25) is 9.69 Å². The van der Waals surface area contributed by atoms with Gasteiger partial charge in [-0.15, -0.1) is 6.42 Å². The molecule has 0 aromatic heterocycles. The normalized spacial score (nSPS) is 15.9. The van der Waals surface area contributed by atoms with Crippen LogP contribution in [0.1, 0.15) is 13.8 Å². The molecule has 2 aromatic carbocycles. The number of ether oxygens (including phenoxy) is 1. The highest BCUT2D eigenvalue weighted by atomic mass is 32.2. The van der Waals surface area contributed by atoms with Crippen molar-refractivity contribution in [3.8, 4) is 23.5 Å². The fraction of sp³-hybridized carbons (Fsp3) is 0.273. The van der Waals surface area contributed by atoms with E-state index >= 15 is 0 Å². The maximum absolute atomic E-state index is 12.6. The van der Waals surface area contributed by atoms with E-state index in [1.165, 1.54) is 24.0 Å². The lowest BCUT2D eigenvalue weighted by Gasteiger charge is -2.40. The van der Waals surface area contributed by atoms with Crippen LogP contribution in [0.2, 0.25) is 0 Å². The molecule has 0 spiro atoms. The van der Waals surface area contributed by atoms with Crippen LogP contribution in [0.25, 0.3) is 11.1 Å². The van der Waals surface area contributed by atoms with Crippen LogP contribution in [0.4, 0.5) is 16.2 Å². The lowest BCUT2D eigenvalue weighted by atomic mass is 10.0. The first kappa shape index (κ1) is 21.4. The molecule has 0 fully saturated rings. The summed E-state index contributed by atoms with van der Waals surface area (Å²) in [6, 6.07) is 11.6. The van der Waals surface area contributed by atoms with Gasteiger partial charge in [0.2, 0.25) is 5.91 Å². The largest absolute Gasteiger partial charge is 0.436 e. The summed E-state index contributed by atoms with van der Waals surface area (Å²) in [5.74, 6) is 2.14. The standard InChI is InChI=1S/C22H22N2O5S/c1-5-12-29-22(26)23-14-15(2)24(16(3)25)20-11-8-18(13-21(20)23)17-6-9-19(10-7-17)30(4,27)28/h1,6-11,13,15H,12,14H2,2-4H3/t15-/m0/s1. The van der Waals surface area contributed by atoms with Crippen molar-refractivity contribution in [2.75, 3.05) is 29.2 Å². The van der Waals surface area contributed by atoms with E-state index < -0.39 is 15.9 Å². The third-order valence-corrected chi connectivity index (χ3v) is 6.00. The third-order valence-electron chi connectivity index (χ3n) is 4.87. The maximum atomic E-state index is 12.6. The Morgan fingerprint density at radius 1 is 1.13 bits per heavy atom. The summed E-state index contributed by atoms with van der Waals surface area (Å²) in [7, 11) is -3.30. The Hall–Kier alpha value is -3.31. The Labute approximate surface area is 176 Å². The van der Waals surface area contributed by atoms with Gasteiger partial charge in [0.1, 0.15) is 0 Å². The summed E-state index contributed by atoms with van der Waals surface area (Å²) in [4.78, 5) is 28.1. The molecule has 7 nitrogen and oxygen atoms in total. The molecule has 2 aromatic rings. The zero-order valence-electron chi connectivity index (χ0n) is 17.0. The predicted octanol–water partition coefficient (Wildman–Crippen LogP) is 3.09. The molecule has 0 aliphatic carbocycles. The molecule has 1 aliphatic heterocycles. The lowest BCUT2D eigenvalue weighted by molar-refractivity contribution is -0.117. The van der Waals surface area contributed by atoms with Gasteiger partial charge in [0.25, 0.3) is 0 Å². The fourth-order valence-corrected chi connectivity index (χ4v) is 4.16. The van der Waals surface area contributed by atoms with Crippen LogP contribution in [0, 0.1) is 12.3 Å². The van der Waals surface area contributed by atoms with Crippen molar-refractivity contribution in [3.05, 3.63) is 42.5 Å². The number of carbonyl (C=O) groups is 2. The number of terminal acetylenes is 1. The first-order valence-electron chi connectivity index (χ1n) is 9.25. The summed E-state index contributed by atoms with van der Waals surface area (Å²) in [6.07, 6.45) is 5.75. The molecule has 156 valence electrons. The molecule has 30 heavy (non-hydrogen) atoms. The second-order valence-corrected chi connectivity index (χ2v) is 9.12. The average molecular weight is 426 g/mol. The number of hydrogen-bond donors (Lipinski definition) is 0. The molecular weight excluding hydrogens is 404 g/mol. The van der Waals surface area contributed by atoms with Crippen LogP contribution in [-0.4, -0.2) is 45.9 Å². The lowest BCUT2D eigenvalue weighted by Crippen LogP contribution is -2.51. The monoisotopic (exact) mass is 426 g/mol. The van der Waals surface area contributed by atoms with Crippen molar-refractivity contribution >= 4 is 33.2 Å². The molecule has 1 heterocycles. The molecule has 8 heteroatoms. The van der Waals surface area contributed by atoms with Crippen molar-refractivity contribution in [2.24, 2.45) is 0 Å². The van der Waals surface area contributed by atoms with Crippen LogP contribution in [-0.2, 0) is 19.4 Å². The fourth-order valence-electron chi connectivity index (χ4n) is 3.53. The number of amides is 2. The number of sulfone groups is 1. The van der Waals surface area contributed by atoms with E-state index in [1.807, 2.05) is 13.0 Å².